The molecule has 10 aromatic rings. The summed E-state index contributed by atoms with van der Waals surface area (Å²) in [5, 5.41) is 6.27. The number of benzene rings is 5. The molecular formula is C101H125F2N5O6. The molecule has 5 aliphatic carbocycles. The first-order valence-electron chi connectivity index (χ1n) is 45.8. The molecule has 20 aliphatic rings. The summed E-state index contributed by atoms with van der Waals surface area (Å²) in [4.78, 5) is 13.8. The largest absolute Gasteiger partial charge is 0.460 e. The van der Waals surface area contributed by atoms with E-state index in [2.05, 4.69) is 128 Å². The van der Waals surface area contributed by atoms with Crippen molar-refractivity contribution in [2.24, 2.45) is 59.2 Å². The summed E-state index contributed by atoms with van der Waals surface area (Å²) in [6.07, 6.45) is 27.0. The quantitative estimate of drug-likeness (QED) is 0.146. The fourth-order valence-electron chi connectivity index (χ4n) is 28.4. The molecule has 25 atom stereocenters. The van der Waals surface area contributed by atoms with Gasteiger partial charge in [-0.1, -0.05) is 95.2 Å². The summed E-state index contributed by atoms with van der Waals surface area (Å²) < 4.78 is 65.1. The Bertz CT molecular complexity index is 5230. The van der Waals surface area contributed by atoms with Crippen molar-refractivity contribution in [3.8, 4) is 0 Å². The second-order valence-corrected chi connectivity index (χ2v) is 39.5. The summed E-state index contributed by atoms with van der Waals surface area (Å²) in [5.41, 5.74) is 16.8. The van der Waals surface area contributed by atoms with Crippen LogP contribution in [0.5, 0.6) is 0 Å². The number of ether oxygens (including phenoxy) is 1. The number of methoxy groups -OCH3 is 1. The number of hydrogen-bond donors (Lipinski definition) is 0. The third-order valence-electron chi connectivity index (χ3n) is 32.8. The van der Waals surface area contributed by atoms with Gasteiger partial charge >= 0.3 is 0 Å². The Morgan fingerprint density at radius 3 is 1.10 bits per heavy atom. The molecule has 0 amide bonds. The number of aryl methyl sites for hydroxylation is 4. The van der Waals surface area contributed by atoms with E-state index in [9.17, 15) is 8.78 Å². The van der Waals surface area contributed by atoms with Gasteiger partial charge < -0.3 is 26.8 Å². The number of halogens is 2. The topological polar surface area (TPSA) is 91.1 Å². The van der Waals surface area contributed by atoms with Crippen LogP contribution in [0.25, 0.3) is 54.8 Å². The summed E-state index contributed by atoms with van der Waals surface area (Å²) in [6.45, 7) is 31.0. The molecule has 10 saturated heterocycles. The fourth-order valence-corrected chi connectivity index (χ4v) is 28.4. The maximum absolute atomic E-state index is 13.9. The molecule has 114 heavy (non-hydrogen) atoms. The highest BCUT2D eigenvalue weighted by Crippen LogP contribution is 2.58. The number of rotatable bonds is 8. The third-order valence-corrected chi connectivity index (χ3v) is 32.8. The van der Waals surface area contributed by atoms with Crippen LogP contribution < -0.4 is 0 Å². The van der Waals surface area contributed by atoms with Gasteiger partial charge in [0, 0.05) is 193 Å². The molecule has 20 heterocycles. The van der Waals surface area contributed by atoms with Crippen LogP contribution in [-0.4, -0.2) is 134 Å². The lowest BCUT2D eigenvalue weighted by molar-refractivity contribution is -0.0422. The first-order valence-corrected chi connectivity index (χ1v) is 45.8. The Labute approximate surface area is 674 Å². The number of unbranched alkanes of at least 4 members (excludes halogenated alkanes) is 1. The predicted octanol–water partition coefficient (Wildman–Crippen LogP) is 22.5. The zero-order valence-electron chi connectivity index (χ0n) is 69.7. The number of nitrogens with zero attached hydrogens (tertiary/aromatic N) is 5. The predicted molar refractivity (Wildman–Crippen MR) is 452 cm³/mol. The molecule has 15 aliphatic heterocycles. The molecule has 604 valence electrons. The normalized spacial score (nSPS) is 35.5. The van der Waals surface area contributed by atoms with E-state index in [1.165, 1.54) is 263 Å². The average molecular weight is 1540 g/mol. The lowest BCUT2D eigenvalue weighted by Crippen LogP contribution is -2.57. The highest BCUT2D eigenvalue weighted by atomic mass is 19.1. The van der Waals surface area contributed by atoms with Crippen molar-refractivity contribution >= 4 is 54.8 Å². The van der Waals surface area contributed by atoms with Crippen molar-refractivity contribution < 1.29 is 35.6 Å². The van der Waals surface area contributed by atoms with Crippen LogP contribution in [0.1, 0.15) is 239 Å². The highest BCUT2D eigenvalue weighted by Gasteiger charge is 2.55. The Morgan fingerprint density at radius 1 is 0.351 bits per heavy atom. The van der Waals surface area contributed by atoms with Crippen LogP contribution in [0.4, 0.5) is 8.78 Å². The number of furan rings is 5. The van der Waals surface area contributed by atoms with Crippen LogP contribution in [0, 0.1) is 98.5 Å². The lowest BCUT2D eigenvalue weighted by atomic mass is 9.65. The van der Waals surface area contributed by atoms with Crippen molar-refractivity contribution in [3.63, 3.8) is 0 Å². The zero-order chi connectivity index (χ0) is 77.2. The second kappa shape index (κ2) is 30.0. The van der Waals surface area contributed by atoms with Gasteiger partial charge in [-0.3, -0.25) is 24.5 Å². The minimum atomic E-state index is -0.156. The smallest absolute Gasteiger partial charge is 0.137 e. The average Bonchev–Trinajstić information content (AvgIpc) is 1.58. The van der Waals surface area contributed by atoms with Crippen molar-refractivity contribution in [2.75, 3.05) is 79.2 Å². The van der Waals surface area contributed by atoms with E-state index in [0.29, 0.717) is 53.6 Å². The third kappa shape index (κ3) is 12.8. The molecule has 5 aromatic heterocycles. The van der Waals surface area contributed by atoms with Crippen LogP contribution >= 0.6 is 0 Å². The Balaban J connectivity index is 0.0000000895. The molecule has 11 nitrogen and oxygen atoms in total. The molecule has 15 fully saturated rings. The van der Waals surface area contributed by atoms with Gasteiger partial charge in [0.2, 0.25) is 0 Å². The van der Waals surface area contributed by atoms with Gasteiger partial charge in [0.1, 0.15) is 68.4 Å². The van der Waals surface area contributed by atoms with E-state index in [1.807, 2.05) is 20.1 Å². The fraction of sp³-hybridized carbons (Fsp3) is 0.604. The van der Waals surface area contributed by atoms with Crippen LogP contribution in [-0.2, 0) is 36.8 Å². The van der Waals surface area contributed by atoms with E-state index in [-0.39, 0.29) is 11.6 Å². The Hall–Kier alpha value is -6.58. The molecule has 30 rings (SSSR count). The number of fused-ring (bicyclic) bond motifs is 20. The van der Waals surface area contributed by atoms with Gasteiger partial charge in [-0.2, -0.15) is 0 Å². The number of piperidine rings is 10. The monoisotopic (exact) mass is 1540 g/mol. The minimum absolute atomic E-state index is 0.153. The molecule has 25 unspecified atom stereocenters. The molecule has 0 radical (unpaired) electrons. The maximum Gasteiger partial charge on any atom is 0.137 e. The summed E-state index contributed by atoms with van der Waals surface area (Å²) in [7, 11) is 1.84. The summed E-state index contributed by atoms with van der Waals surface area (Å²) >= 11 is 0. The van der Waals surface area contributed by atoms with Gasteiger partial charge in [-0.15, -0.1) is 0 Å². The standard InChI is InChI=1S/C22H29NO.C20H24FNO.C20H25NO2.C20H25NO.C19H22FNO/c1-3-4-5-16-11-15-12-19-21(16)23(13-15)9-8-17-18-10-14(2)6-7-20(18)24-22(17)19;1-3-13-7-12-8-16-19(13)22(10-12)5-4-14-15-6-11(2)17(21)9-18(15)23-20(14)16;1-12-3-4-18-16(7-12)15-5-6-21-10-13-8-14(11-22-2)19(21)17(9-13)20(15)23-18;1-3-14-9-13-10-17-19(14)21(11-13)7-6-16-15-5-4-12(2)8-18(15)22-20(16)17;1-2-12-7-11-8-16-18(12)21(10-11)6-5-14-15-9-13(20)3-4-17(15)22-19(14)16/h6-7,10,15-16,19,21H,3-5,8-9,11-13H2,1-2H3;6,9,12-13,16,19H,3-5,7-8,10H2,1-2H3;3-4,7,13-14,17,19H,5-6,8-11H2,1-2H3;4-5,8,13-14,17,19H,3,6-7,9-11H2,1-2H3;3-4,9,11-12,16,18H,2,5-8,10H2,1H3. The van der Waals surface area contributed by atoms with Crippen LogP contribution in [0.3, 0.4) is 0 Å². The first kappa shape index (κ1) is 74.9. The molecule has 20 bridgehead atoms. The van der Waals surface area contributed by atoms with Gasteiger partial charge in [0.25, 0.3) is 0 Å². The van der Waals surface area contributed by atoms with Crippen LogP contribution in [0.2, 0.25) is 0 Å². The number of hydrogen-bond acceptors (Lipinski definition) is 11. The lowest BCUT2D eigenvalue weighted by Gasteiger charge is -2.53. The maximum atomic E-state index is 13.9. The van der Waals surface area contributed by atoms with Crippen molar-refractivity contribution in [1.29, 1.82) is 0 Å². The van der Waals surface area contributed by atoms with Gasteiger partial charge in [-0.05, 0) is 255 Å². The van der Waals surface area contributed by atoms with E-state index in [4.69, 9.17) is 26.8 Å². The van der Waals surface area contributed by atoms with E-state index in [1.54, 1.807) is 18.2 Å². The van der Waals surface area contributed by atoms with Crippen molar-refractivity contribution in [2.45, 2.75) is 250 Å². The van der Waals surface area contributed by atoms with Crippen molar-refractivity contribution in [3.05, 3.63) is 175 Å². The molecule has 0 spiro atoms. The van der Waals surface area contributed by atoms with Gasteiger partial charge in [0.15, 0.2) is 0 Å². The van der Waals surface area contributed by atoms with Crippen LogP contribution in [0.15, 0.2) is 107 Å². The Kier molecular flexibility index (Phi) is 19.7. The summed E-state index contributed by atoms with van der Waals surface area (Å²) in [6, 6.07) is 32.0. The zero-order valence-corrected chi connectivity index (χ0v) is 69.7. The van der Waals surface area contributed by atoms with E-state index in [0.717, 1.165) is 149 Å². The Morgan fingerprint density at radius 2 is 0.684 bits per heavy atom. The molecule has 0 N–H and O–H groups in total. The second-order valence-electron chi connectivity index (χ2n) is 39.5. The van der Waals surface area contributed by atoms with Gasteiger partial charge in [-0.25, -0.2) is 8.78 Å². The molecular weight excluding hydrogens is 1420 g/mol. The van der Waals surface area contributed by atoms with E-state index < -0.39 is 0 Å². The van der Waals surface area contributed by atoms with E-state index >= 15 is 0 Å². The SMILES string of the molecule is CCC1CC2CC3c4oc5cc(C)ccc5c4CCN(C2)C13.CCC1CC2CC3c4oc5cc(F)c(C)cc5c4CCN(C2)C13.CCC1CC2CC3c4oc5ccc(F)cc5c4CCN(C2)C13.CCCCC1CC2CC3c4oc5ccc(C)cc5c4CCN(C2)C13.COCC1CC2CC3c4oc5ccc(C)cc5c4CCN(C2)C13. The minimum Gasteiger partial charge on any atom is -0.460 e. The molecule has 5 saturated carbocycles. The van der Waals surface area contributed by atoms with Gasteiger partial charge in [0.05, 0.1) is 6.61 Å². The summed E-state index contributed by atoms with van der Waals surface area (Å²) in [5.74, 6) is 17.2. The molecule has 5 aromatic carbocycles. The molecule has 13 heteroatoms. The van der Waals surface area contributed by atoms with Crippen molar-refractivity contribution in [1.82, 2.24) is 24.5 Å². The first-order chi connectivity index (χ1) is 55.6. The highest BCUT2D eigenvalue weighted by molar-refractivity contribution is 5.87.